The Morgan fingerprint density at radius 1 is 1.54 bits per heavy atom. The van der Waals surface area contributed by atoms with Crippen LogP contribution in [0.3, 0.4) is 0 Å². The fourth-order valence-electron chi connectivity index (χ4n) is 2.27. The van der Waals surface area contributed by atoms with E-state index in [-0.39, 0.29) is 11.8 Å². The lowest BCUT2D eigenvalue weighted by atomic mass is 10.1. The molecule has 1 atom stereocenters. The summed E-state index contributed by atoms with van der Waals surface area (Å²) >= 11 is 1.48. The number of amides is 2. The van der Waals surface area contributed by atoms with Gasteiger partial charge in [0.05, 0.1) is 4.75 Å². The normalized spacial score (nSPS) is 19.6. The number of pyridine rings is 1. The monoisotopic (exact) mass is 346 g/mol. The molecule has 1 fully saturated rings. The number of carbonyl (C=O) groups is 2. The van der Waals surface area contributed by atoms with Crippen LogP contribution in [0.25, 0.3) is 5.82 Å². The summed E-state index contributed by atoms with van der Waals surface area (Å²) in [7, 11) is 0. The predicted molar refractivity (Wildman–Crippen MR) is 89.5 cm³/mol. The zero-order valence-electron chi connectivity index (χ0n) is 13.4. The summed E-state index contributed by atoms with van der Waals surface area (Å²) in [6.45, 7) is 3.99. The van der Waals surface area contributed by atoms with Crippen molar-refractivity contribution < 1.29 is 9.59 Å². The summed E-state index contributed by atoms with van der Waals surface area (Å²) < 4.78 is 1.04. The van der Waals surface area contributed by atoms with Crippen LogP contribution in [0.1, 0.15) is 19.4 Å². The molecule has 2 aromatic heterocycles. The van der Waals surface area contributed by atoms with Crippen molar-refractivity contribution >= 4 is 23.6 Å². The first-order chi connectivity index (χ1) is 11.5. The van der Waals surface area contributed by atoms with Crippen LogP contribution in [0.2, 0.25) is 0 Å². The molecule has 1 aliphatic rings. The van der Waals surface area contributed by atoms with Crippen LogP contribution in [0, 0.1) is 0 Å². The van der Waals surface area contributed by atoms with Crippen LogP contribution in [0.15, 0.2) is 31.0 Å². The maximum absolute atomic E-state index is 12.3. The van der Waals surface area contributed by atoms with Gasteiger partial charge in [0.15, 0.2) is 5.82 Å². The van der Waals surface area contributed by atoms with Crippen LogP contribution < -0.4 is 10.6 Å². The van der Waals surface area contributed by atoms with Crippen LogP contribution >= 0.6 is 11.8 Å². The van der Waals surface area contributed by atoms with E-state index in [1.54, 1.807) is 23.3 Å². The van der Waals surface area contributed by atoms with Gasteiger partial charge < -0.3 is 10.6 Å². The highest BCUT2D eigenvalue weighted by molar-refractivity contribution is 8.01. The van der Waals surface area contributed by atoms with Crippen molar-refractivity contribution in [2.75, 3.05) is 5.75 Å². The Hall–Kier alpha value is -2.42. The van der Waals surface area contributed by atoms with Crippen LogP contribution in [-0.2, 0) is 16.1 Å². The highest BCUT2D eigenvalue weighted by Crippen LogP contribution is 2.29. The molecule has 1 saturated heterocycles. The largest absolute Gasteiger partial charge is 0.350 e. The van der Waals surface area contributed by atoms with Gasteiger partial charge in [-0.2, -0.15) is 5.10 Å². The first-order valence-electron chi connectivity index (χ1n) is 7.49. The van der Waals surface area contributed by atoms with Crippen LogP contribution in [0.5, 0.6) is 0 Å². The van der Waals surface area contributed by atoms with Crippen molar-refractivity contribution in [2.24, 2.45) is 0 Å². The molecular formula is C15H18N6O2S. The van der Waals surface area contributed by atoms with Gasteiger partial charge in [0.1, 0.15) is 18.7 Å². The van der Waals surface area contributed by atoms with Crippen molar-refractivity contribution in [2.45, 2.75) is 31.2 Å². The topological polar surface area (TPSA) is 102 Å². The van der Waals surface area contributed by atoms with E-state index in [0.29, 0.717) is 18.1 Å². The molecule has 8 nitrogen and oxygen atoms in total. The summed E-state index contributed by atoms with van der Waals surface area (Å²) in [5.74, 6) is 0.829. The van der Waals surface area contributed by atoms with E-state index < -0.39 is 10.8 Å². The number of hydrogen-bond acceptors (Lipinski definition) is 6. The Bertz CT molecular complexity index is 746. The third kappa shape index (κ3) is 3.40. The molecule has 0 bridgehead atoms. The second kappa shape index (κ2) is 6.60. The van der Waals surface area contributed by atoms with Crippen molar-refractivity contribution in [3.8, 4) is 5.82 Å². The molecule has 126 valence electrons. The summed E-state index contributed by atoms with van der Waals surface area (Å²) in [4.78, 5) is 32.5. The molecule has 24 heavy (non-hydrogen) atoms. The number of carbonyl (C=O) groups excluding carboxylic acids is 2. The van der Waals surface area contributed by atoms with Gasteiger partial charge in [-0.25, -0.2) is 14.6 Å². The minimum absolute atomic E-state index is 0.122. The molecule has 0 saturated carbocycles. The number of nitrogens with one attached hydrogen (secondary N) is 2. The van der Waals surface area contributed by atoms with Crippen LogP contribution in [-0.4, -0.2) is 48.1 Å². The van der Waals surface area contributed by atoms with Gasteiger partial charge in [-0.15, -0.1) is 11.8 Å². The molecule has 2 aromatic rings. The molecule has 1 aliphatic heterocycles. The zero-order valence-corrected chi connectivity index (χ0v) is 14.2. The van der Waals surface area contributed by atoms with E-state index in [1.807, 2.05) is 19.9 Å². The fraction of sp³-hybridized carbons (Fsp3) is 0.400. The number of aromatic nitrogens is 4. The first kappa shape index (κ1) is 16.4. The van der Waals surface area contributed by atoms with Crippen LogP contribution in [0.4, 0.5) is 0 Å². The maximum Gasteiger partial charge on any atom is 0.243 e. The van der Waals surface area contributed by atoms with Gasteiger partial charge in [-0.1, -0.05) is 6.07 Å². The van der Waals surface area contributed by atoms with Gasteiger partial charge in [-0.3, -0.25) is 9.59 Å². The minimum atomic E-state index is -0.526. The number of nitrogens with zero attached hydrogens (tertiary/aromatic N) is 4. The predicted octanol–water partition coefficient (Wildman–Crippen LogP) is 0.289. The molecule has 3 rings (SSSR count). The van der Waals surface area contributed by atoms with E-state index in [4.69, 9.17) is 0 Å². The van der Waals surface area contributed by atoms with Gasteiger partial charge >= 0.3 is 0 Å². The van der Waals surface area contributed by atoms with Crippen molar-refractivity contribution in [3.63, 3.8) is 0 Å². The second-order valence-electron chi connectivity index (χ2n) is 5.89. The molecule has 0 radical (unpaired) electrons. The quantitative estimate of drug-likeness (QED) is 0.825. The van der Waals surface area contributed by atoms with E-state index >= 15 is 0 Å². The average molecular weight is 346 g/mol. The van der Waals surface area contributed by atoms with E-state index in [0.717, 1.165) is 5.56 Å². The van der Waals surface area contributed by atoms with E-state index in [2.05, 4.69) is 25.7 Å². The molecule has 2 amide bonds. The Labute approximate surface area is 143 Å². The number of rotatable bonds is 4. The SMILES string of the molecule is CC1(C)SC[C@H](C(=O)NCc2cccnc2-n2cncn2)NC1=O. The van der Waals surface area contributed by atoms with Gasteiger partial charge in [-0.05, 0) is 19.9 Å². The number of thioether (sulfide) groups is 1. The summed E-state index contributed by atoms with van der Waals surface area (Å²) in [6.07, 6.45) is 4.63. The Morgan fingerprint density at radius 3 is 3.08 bits per heavy atom. The van der Waals surface area contributed by atoms with Gasteiger partial charge in [0, 0.05) is 24.1 Å². The maximum atomic E-state index is 12.3. The van der Waals surface area contributed by atoms with E-state index in [9.17, 15) is 9.59 Å². The van der Waals surface area contributed by atoms with Crippen molar-refractivity contribution in [3.05, 3.63) is 36.5 Å². The Balaban J connectivity index is 1.65. The lowest BCUT2D eigenvalue weighted by molar-refractivity contribution is -0.129. The van der Waals surface area contributed by atoms with Gasteiger partial charge in [0.2, 0.25) is 11.8 Å². The Morgan fingerprint density at radius 2 is 2.38 bits per heavy atom. The molecule has 2 N–H and O–H groups in total. The molecule has 0 aliphatic carbocycles. The second-order valence-corrected chi connectivity index (χ2v) is 7.53. The third-order valence-electron chi connectivity index (χ3n) is 3.74. The number of hydrogen-bond donors (Lipinski definition) is 2. The molecular weight excluding hydrogens is 328 g/mol. The average Bonchev–Trinajstić information content (AvgIpc) is 3.10. The van der Waals surface area contributed by atoms with Crippen molar-refractivity contribution in [1.29, 1.82) is 0 Å². The highest BCUT2D eigenvalue weighted by Gasteiger charge is 2.37. The molecule has 0 unspecified atom stereocenters. The van der Waals surface area contributed by atoms with Crippen molar-refractivity contribution in [1.82, 2.24) is 30.4 Å². The summed E-state index contributed by atoms with van der Waals surface area (Å²) in [5.41, 5.74) is 0.812. The van der Waals surface area contributed by atoms with E-state index in [1.165, 1.54) is 18.1 Å². The zero-order chi connectivity index (χ0) is 17.2. The fourth-order valence-corrected chi connectivity index (χ4v) is 3.28. The Kier molecular flexibility index (Phi) is 4.52. The van der Waals surface area contributed by atoms with Gasteiger partial charge in [0.25, 0.3) is 0 Å². The lowest BCUT2D eigenvalue weighted by Gasteiger charge is -2.32. The highest BCUT2D eigenvalue weighted by atomic mass is 32.2. The molecule has 3 heterocycles. The summed E-state index contributed by atoms with van der Waals surface area (Å²) in [6, 6.07) is 3.13. The molecule has 9 heteroatoms. The first-order valence-corrected chi connectivity index (χ1v) is 8.47. The standard InChI is InChI=1S/C15H18N6O2S/c1-15(2)14(23)20-11(7-24-15)13(22)18-6-10-4-3-5-17-12(10)21-9-16-8-19-21/h3-5,8-9,11H,6-7H2,1-2H3,(H,18,22)(H,20,23)/t11-/m1/s1. The molecule has 0 aromatic carbocycles. The lowest BCUT2D eigenvalue weighted by Crippen LogP contribution is -2.57. The summed E-state index contributed by atoms with van der Waals surface area (Å²) in [5, 5.41) is 9.68. The molecule has 0 spiro atoms. The third-order valence-corrected chi connectivity index (χ3v) is 5.14. The minimum Gasteiger partial charge on any atom is -0.350 e. The smallest absolute Gasteiger partial charge is 0.243 e.